The second-order valence-corrected chi connectivity index (χ2v) is 7.31. The summed E-state index contributed by atoms with van der Waals surface area (Å²) in [6.07, 6.45) is 8.94. The van der Waals surface area contributed by atoms with Crippen molar-refractivity contribution in [3.63, 3.8) is 0 Å². The maximum Gasteiger partial charge on any atom is 0.00698 e. The van der Waals surface area contributed by atoms with Crippen molar-refractivity contribution < 1.29 is 0 Å². The van der Waals surface area contributed by atoms with Crippen LogP contribution in [0.3, 0.4) is 0 Å². The van der Waals surface area contributed by atoms with Crippen LogP contribution in [0.25, 0.3) is 0 Å². The molecule has 0 spiro atoms. The average molecular weight is 250 g/mol. The highest BCUT2D eigenvalue weighted by Gasteiger charge is 2.41. The van der Waals surface area contributed by atoms with Gasteiger partial charge in [-0.05, 0) is 82.8 Å². The van der Waals surface area contributed by atoms with Crippen LogP contribution in [0.2, 0.25) is 0 Å². The molecule has 5 unspecified atom stereocenters. The third-order valence-corrected chi connectivity index (χ3v) is 5.89. The minimum atomic E-state index is 0.757. The molecule has 1 aliphatic heterocycles. The molecule has 104 valence electrons. The third-order valence-electron chi connectivity index (χ3n) is 5.89. The molecule has 3 rings (SSSR count). The lowest BCUT2D eigenvalue weighted by atomic mass is 9.83. The lowest BCUT2D eigenvalue weighted by Crippen LogP contribution is -2.43. The number of piperidine rings is 1. The van der Waals surface area contributed by atoms with E-state index in [0.29, 0.717) is 0 Å². The van der Waals surface area contributed by atoms with Gasteiger partial charge in [0.25, 0.3) is 0 Å². The van der Waals surface area contributed by atoms with Crippen molar-refractivity contribution in [1.82, 2.24) is 10.2 Å². The van der Waals surface area contributed by atoms with Gasteiger partial charge in [0, 0.05) is 12.6 Å². The van der Waals surface area contributed by atoms with Crippen LogP contribution in [-0.4, -0.2) is 37.6 Å². The number of fused-ring (bicyclic) bond motifs is 2. The summed E-state index contributed by atoms with van der Waals surface area (Å²) in [4.78, 5) is 2.50. The lowest BCUT2D eigenvalue weighted by molar-refractivity contribution is 0.190. The molecule has 0 aromatic carbocycles. The van der Waals surface area contributed by atoms with Crippen LogP contribution in [0.4, 0.5) is 0 Å². The Labute approximate surface area is 113 Å². The largest absolute Gasteiger partial charge is 0.314 e. The van der Waals surface area contributed by atoms with Crippen LogP contribution in [0.1, 0.15) is 45.4 Å². The van der Waals surface area contributed by atoms with Gasteiger partial charge in [-0.15, -0.1) is 0 Å². The first-order valence-electron chi connectivity index (χ1n) is 8.14. The molecule has 1 saturated heterocycles. The molecule has 3 aliphatic rings. The molecule has 1 heterocycles. The monoisotopic (exact) mass is 250 g/mol. The highest BCUT2D eigenvalue weighted by atomic mass is 15.1. The molecule has 2 nitrogen and oxygen atoms in total. The minimum Gasteiger partial charge on any atom is -0.314 e. The summed E-state index contributed by atoms with van der Waals surface area (Å²) in [5.74, 6) is 4.03. The number of hydrogen-bond donors (Lipinski definition) is 1. The Kier molecular flexibility index (Phi) is 3.95. The van der Waals surface area contributed by atoms with Crippen molar-refractivity contribution in [2.24, 2.45) is 23.7 Å². The van der Waals surface area contributed by atoms with Crippen LogP contribution < -0.4 is 5.32 Å². The van der Waals surface area contributed by atoms with Gasteiger partial charge in [0.2, 0.25) is 0 Å². The van der Waals surface area contributed by atoms with Gasteiger partial charge < -0.3 is 10.2 Å². The van der Waals surface area contributed by atoms with Gasteiger partial charge in [0.05, 0.1) is 0 Å². The van der Waals surface area contributed by atoms with E-state index in [-0.39, 0.29) is 0 Å². The van der Waals surface area contributed by atoms with Crippen molar-refractivity contribution in [3.05, 3.63) is 0 Å². The van der Waals surface area contributed by atoms with E-state index in [0.717, 1.165) is 29.7 Å². The molecule has 5 atom stereocenters. The van der Waals surface area contributed by atoms with Gasteiger partial charge in [-0.25, -0.2) is 0 Å². The number of rotatable bonds is 4. The predicted molar refractivity (Wildman–Crippen MR) is 76.6 cm³/mol. The summed E-state index contributed by atoms with van der Waals surface area (Å²) in [6, 6.07) is 0.757. The van der Waals surface area contributed by atoms with Crippen molar-refractivity contribution in [2.45, 2.75) is 51.5 Å². The normalized spacial score (nSPS) is 42.3. The second-order valence-electron chi connectivity index (χ2n) is 7.31. The molecule has 2 aliphatic carbocycles. The number of likely N-dealkylation sites (tertiary alicyclic amines) is 1. The van der Waals surface area contributed by atoms with Crippen LogP contribution >= 0.6 is 0 Å². The quantitative estimate of drug-likeness (QED) is 0.825. The molecule has 3 fully saturated rings. The molecule has 0 amide bonds. The highest BCUT2D eigenvalue weighted by molar-refractivity contribution is 4.94. The van der Waals surface area contributed by atoms with Gasteiger partial charge in [-0.3, -0.25) is 0 Å². The average Bonchev–Trinajstić information content (AvgIpc) is 2.98. The SMILES string of the molecule is CC(NCC1CCCN(C)C1)C1CC2CCC1C2. The molecule has 2 saturated carbocycles. The molecule has 0 aromatic rings. The summed E-state index contributed by atoms with van der Waals surface area (Å²) in [7, 11) is 2.27. The Morgan fingerprint density at radius 1 is 1.22 bits per heavy atom. The van der Waals surface area contributed by atoms with Crippen molar-refractivity contribution in [2.75, 3.05) is 26.7 Å². The predicted octanol–water partition coefficient (Wildman–Crippen LogP) is 2.74. The van der Waals surface area contributed by atoms with E-state index in [1.54, 1.807) is 6.42 Å². The van der Waals surface area contributed by atoms with E-state index in [4.69, 9.17) is 0 Å². The number of nitrogens with zero attached hydrogens (tertiary/aromatic N) is 1. The first kappa shape index (κ1) is 12.9. The van der Waals surface area contributed by atoms with Crippen LogP contribution in [0, 0.1) is 23.7 Å². The first-order valence-corrected chi connectivity index (χ1v) is 8.14. The van der Waals surface area contributed by atoms with E-state index < -0.39 is 0 Å². The van der Waals surface area contributed by atoms with E-state index in [1.165, 1.54) is 51.7 Å². The van der Waals surface area contributed by atoms with Crippen LogP contribution in [-0.2, 0) is 0 Å². The zero-order valence-corrected chi connectivity index (χ0v) is 12.2. The van der Waals surface area contributed by atoms with Gasteiger partial charge in [0.1, 0.15) is 0 Å². The molecule has 2 heteroatoms. The Hall–Kier alpha value is -0.0800. The van der Waals surface area contributed by atoms with E-state index in [9.17, 15) is 0 Å². The van der Waals surface area contributed by atoms with Gasteiger partial charge in [-0.1, -0.05) is 6.42 Å². The number of hydrogen-bond acceptors (Lipinski definition) is 2. The Balaban J connectivity index is 1.42. The third kappa shape index (κ3) is 2.75. The summed E-state index contributed by atoms with van der Waals surface area (Å²) in [5.41, 5.74) is 0. The van der Waals surface area contributed by atoms with Crippen molar-refractivity contribution in [1.29, 1.82) is 0 Å². The fourth-order valence-corrected chi connectivity index (χ4v) is 4.85. The Morgan fingerprint density at radius 3 is 2.78 bits per heavy atom. The molecule has 18 heavy (non-hydrogen) atoms. The molecule has 0 radical (unpaired) electrons. The van der Waals surface area contributed by atoms with E-state index in [2.05, 4.69) is 24.2 Å². The topological polar surface area (TPSA) is 15.3 Å². The Bertz CT molecular complexity index is 278. The fraction of sp³-hybridized carbons (Fsp3) is 1.00. The molecular weight excluding hydrogens is 220 g/mol. The zero-order valence-electron chi connectivity index (χ0n) is 12.2. The van der Waals surface area contributed by atoms with Gasteiger partial charge >= 0.3 is 0 Å². The summed E-state index contributed by atoms with van der Waals surface area (Å²) in [6.45, 7) is 6.30. The summed E-state index contributed by atoms with van der Waals surface area (Å²) in [5, 5.41) is 3.87. The second kappa shape index (κ2) is 5.50. The smallest absolute Gasteiger partial charge is 0.00698 e. The lowest BCUT2D eigenvalue weighted by Gasteiger charge is -2.33. The number of nitrogens with one attached hydrogen (secondary N) is 1. The van der Waals surface area contributed by atoms with Crippen LogP contribution in [0.15, 0.2) is 0 Å². The van der Waals surface area contributed by atoms with Crippen molar-refractivity contribution >= 4 is 0 Å². The van der Waals surface area contributed by atoms with E-state index >= 15 is 0 Å². The molecule has 1 N–H and O–H groups in total. The molecule has 2 bridgehead atoms. The van der Waals surface area contributed by atoms with E-state index in [1.807, 2.05) is 0 Å². The van der Waals surface area contributed by atoms with Crippen LogP contribution in [0.5, 0.6) is 0 Å². The minimum absolute atomic E-state index is 0.757. The fourth-order valence-electron chi connectivity index (χ4n) is 4.85. The molecule has 0 aromatic heterocycles. The zero-order chi connectivity index (χ0) is 12.5. The first-order chi connectivity index (χ1) is 8.72. The van der Waals surface area contributed by atoms with Gasteiger partial charge in [-0.2, -0.15) is 0 Å². The molecular formula is C16H30N2. The summed E-state index contributed by atoms with van der Waals surface area (Å²) >= 11 is 0. The Morgan fingerprint density at radius 2 is 2.11 bits per heavy atom. The maximum absolute atomic E-state index is 3.87. The highest BCUT2D eigenvalue weighted by Crippen LogP contribution is 2.49. The summed E-state index contributed by atoms with van der Waals surface area (Å²) < 4.78 is 0. The van der Waals surface area contributed by atoms with Crippen molar-refractivity contribution in [3.8, 4) is 0 Å². The maximum atomic E-state index is 3.87. The van der Waals surface area contributed by atoms with Gasteiger partial charge in [0.15, 0.2) is 0 Å². The standard InChI is InChI=1S/C16H30N2/c1-12(16-9-13-5-6-15(16)8-13)17-10-14-4-3-7-18(2)11-14/h12-17H,3-11H2,1-2H3.